The van der Waals surface area contributed by atoms with Crippen LogP contribution >= 0.6 is 15.9 Å². The molecule has 3 aromatic heterocycles. The highest BCUT2D eigenvalue weighted by Gasteiger charge is 2.51. The summed E-state index contributed by atoms with van der Waals surface area (Å²) in [6, 6.07) is 7.02. The molecule has 1 aromatic carbocycles. The number of pyridine rings is 1. The van der Waals surface area contributed by atoms with Gasteiger partial charge in [-0.1, -0.05) is 6.07 Å². The molecule has 2 amide bonds. The van der Waals surface area contributed by atoms with E-state index in [1.54, 1.807) is 22.0 Å². The largest absolute Gasteiger partial charge is 0.326 e. The lowest BCUT2D eigenvalue weighted by Crippen LogP contribution is -2.52. The van der Waals surface area contributed by atoms with Crippen molar-refractivity contribution in [1.29, 1.82) is 0 Å². The molecule has 1 saturated heterocycles. The van der Waals surface area contributed by atoms with Crippen molar-refractivity contribution in [1.82, 2.24) is 29.6 Å². The number of anilines is 1. The molecule has 4 heterocycles. The Labute approximate surface area is 245 Å². The number of hydrogen-bond acceptors (Lipinski definition) is 7. The number of carbonyl (C=O) groups is 3. The Kier molecular flexibility index (Phi) is 6.93. The van der Waals surface area contributed by atoms with Crippen LogP contribution in [0.1, 0.15) is 53.6 Å². The van der Waals surface area contributed by atoms with Crippen LogP contribution in [0.25, 0.3) is 22.0 Å². The smallest absolute Gasteiger partial charge is 0.248 e. The third kappa shape index (κ3) is 4.92. The number of rotatable bonds is 6. The Bertz CT molecular complexity index is 1720. The highest BCUT2D eigenvalue weighted by atomic mass is 79.9. The monoisotopic (exact) mass is 615 g/mol. The Hall–Kier alpha value is -3.99. The second kappa shape index (κ2) is 10.4. The first kappa shape index (κ1) is 27.2. The predicted molar refractivity (Wildman–Crippen MR) is 157 cm³/mol. The SMILES string of the molecule is CC(=O)c1nn(CC(=O)N2C3CCC(C3)[C@H]2C(=O)Nc2nc(Br)ccc2C)c2c(C)cc(-c3cnc(C)nc3)cc12. The van der Waals surface area contributed by atoms with Crippen LogP contribution in [-0.2, 0) is 16.1 Å². The molecule has 0 spiro atoms. The molecule has 1 N–H and O–H groups in total. The molecule has 4 aromatic rings. The summed E-state index contributed by atoms with van der Waals surface area (Å²) in [6.07, 6.45) is 6.08. The minimum atomic E-state index is -0.579. The zero-order valence-electron chi connectivity index (χ0n) is 23.3. The molecule has 1 aliphatic carbocycles. The van der Waals surface area contributed by atoms with Crippen molar-refractivity contribution in [3.05, 3.63) is 63.9 Å². The number of aryl methyl sites for hydroxylation is 3. The van der Waals surface area contributed by atoms with E-state index >= 15 is 0 Å². The molecular weight excluding hydrogens is 586 g/mol. The van der Waals surface area contributed by atoms with Crippen molar-refractivity contribution in [3.63, 3.8) is 0 Å². The van der Waals surface area contributed by atoms with E-state index in [4.69, 9.17) is 0 Å². The molecule has 2 unspecified atom stereocenters. The number of amides is 2. The molecule has 3 atom stereocenters. The second-order valence-electron chi connectivity index (χ2n) is 11.0. The fourth-order valence-corrected chi connectivity index (χ4v) is 6.64. The summed E-state index contributed by atoms with van der Waals surface area (Å²) in [5.41, 5.74) is 4.44. The van der Waals surface area contributed by atoms with Gasteiger partial charge in [-0.3, -0.25) is 19.1 Å². The lowest BCUT2D eigenvalue weighted by atomic mass is 9.97. The van der Waals surface area contributed by atoms with Gasteiger partial charge >= 0.3 is 0 Å². The fraction of sp³-hybridized carbons (Fsp3) is 0.367. The lowest BCUT2D eigenvalue weighted by molar-refractivity contribution is -0.141. The van der Waals surface area contributed by atoms with E-state index in [1.165, 1.54) is 6.92 Å². The minimum absolute atomic E-state index is 0.00292. The van der Waals surface area contributed by atoms with Gasteiger partial charge < -0.3 is 10.2 Å². The van der Waals surface area contributed by atoms with Crippen LogP contribution in [0.15, 0.2) is 41.3 Å². The van der Waals surface area contributed by atoms with Crippen LogP contribution in [-0.4, -0.2) is 59.3 Å². The molecular formula is C30H30BrN7O3. The van der Waals surface area contributed by atoms with Crippen molar-refractivity contribution in [2.24, 2.45) is 5.92 Å². The van der Waals surface area contributed by atoms with E-state index in [2.05, 4.69) is 41.3 Å². The molecule has 11 heteroatoms. The van der Waals surface area contributed by atoms with Gasteiger partial charge in [0.1, 0.15) is 34.5 Å². The van der Waals surface area contributed by atoms with Gasteiger partial charge in [0, 0.05) is 36.3 Å². The number of carbonyl (C=O) groups excluding carboxylic acids is 3. The van der Waals surface area contributed by atoms with Gasteiger partial charge in [-0.2, -0.15) is 5.10 Å². The van der Waals surface area contributed by atoms with E-state index in [-0.39, 0.29) is 36.1 Å². The molecule has 2 bridgehead atoms. The molecule has 210 valence electrons. The number of halogens is 1. The number of aromatic nitrogens is 5. The van der Waals surface area contributed by atoms with Crippen LogP contribution in [0.4, 0.5) is 5.82 Å². The fourth-order valence-electron chi connectivity index (χ4n) is 6.33. The summed E-state index contributed by atoms with van der Waals surface area (Å²) < 4.78 is 2.24. The topological polar surface area (TPSA) is 123 Å². The molecule has 1 saturated carbocycles. The van der Waals surface area contributed by atoms with Crippen LogP contribution in [0.5, 0.6) is 0 Å². The highest BCUT2D eigenvalue weighted by Crippen LogP contribution is 2.43. The van der Waals surface area contributed by atoms with Crippen LogP contribution in [0.3, 0.4) is 0 Å². The number of nitrogens with zero attached hydrogens (tertiary/aromatic N) is 6. The number of benzene rings is 1. The number of hydrogen-bond donors (Lipinski definition) is 1. The van der Waals surface area contributed by atoms with Crippen LogP contribution in [0, 0.1) is 26.7 Å². The number of likely N-dealkylation sites (tertiary alicyclic amines) is 1. The molecule has 41 heavy (non-hydrogen) atoms. The second-order valence-corrected chi connectivity index (χ2v) is 11.8. The molecule has 1 aliphatic heterocycles. The first-order chi connectivity index (χ1) is 19.6. The first-order valence-electron chi connectivity index (χ1n) is 13.7. The van der Waals surface area contributed by atoms with Crippen molar-refractivity contribution in [2.75, 3.05) is 5.32 Å². The van der Waals surface area contributed by atoms with Gasteiger partial charge in [-0.05, 0) is 96.8 Å². The summed E-state index contributed by atoms with van der Waals surface area (Å²) in [4.78, 5) is 54.8. The van der Waals surface area contributed by atoms with Crippen molar-refractivity contribution >= 4 is 50.2 Å². The summed E-state index contributed by atoms with van der Waals surface area (Å²) in [5, 5.41) is 8.24. The standard InChI is InChI=1S/C30H30BrN7O3/c1-15-5-8-24(31)34-29(15)35-30(41)28-19-6-7-22(10-19)38(28)25(40)14-37-27-16(2)9-20(21-12-32-18(4)33-13-21)11-23(27)26(36-37)17(3)39/h5,8-9,11-13,19,22,28H,6-7,10,14H2,1-4H3,(H,34,35,41)/t19?,22?,28-/m0/s1. The summed E-state index contributed by atoms with van der Waals surface area (Å²) in [7, 11) is 0. The van der Waals surface area contributed by atoms with E-state index in [0.717, 1.165) is 47.0 Å². The average molecular weight is 617 g/mol. The molecule has 0 radical (unpaired) electrons. The van der Waals surface area contributed by atoms with Gasteiger partial charge in [0.05, 0.1) is 5.52 Å². The van der Waals surface area contributed by atoms with Crippen LogP contribution in [0.2, 0.25) is 0 Å². The third-order valence-electron chi connectivity index (χ3n) is 8.21. The van der Waals surface area contributed by atoms with E-state index in [1.807, 2.05) is 45.0 Å². The maximum atomic E-state index is 13.9. The maximum absolute atomic E-state index is 13.9. The maximum Gasteiger partial charge on any atom is 0.248 e. The molecule has 6 rings (SSSR count). The zero-order chi connectivity index (χ0) is 29.0. The van der Waals surface area contributed by atoms with Gasteiger partial charge in [-0.25, -0.2) is 15.0 Å². The Morgan fingerprint density at radius 3 is 2.51 bits per heavy atom. The lowest BCUT2D eigenvalue weighted by Gasteiger charge is -2.34. The van der Waals surface area contributed by atoms with Crippen LogP contribution < -0.4 is 5.32 Å². The quantitative estimate of drug-likeness (QED) is 0.244. The number of fused-ring (bicyclic) bond motifs is 3. The Morgan fingerprint density at radius 1 is 1.02 bits per heavy atom. The van der Waals surface area contributed by atoms with Gasteiger partial charge in [0.25, 0.3) is 0 Å². The van der Waals surface area contributed by atoms with Crippen molar-refractivity contribution in [2.45, 2.75) is 65.6 Å². The van der Waals surface area contributed by atoms with Crippen molar-refractivity contribution < 1.29 is 14.4 Å². The summed E-state index contributed by atoms with van der Waals surface area (Å²) >= 11 is 3.37. The van der Waals surface area contributed by atoms with Gasteiger partial charge in [-0.15, -0.1) is 0 Å². The van der Waals surface area contributed by atoms with E-state index < -0.39 is 6.04 Å². The molecule has 2 fully saturated rings. The number of nitrogens with one attached hydrogen (secondary N) is 1. The summed E-state index contributed by atoms with van der Waals surface area (Å²) in [6.45, 7) is 7.05. The number of Topliss-reactive ketones (excluding diaryl/α,β-unsaturated/α-hetero) is 1. The summed E-state index contributed by atoms with van der Waals surface area (Å²) in [5.74, 6) is 0.648. The van der Waals surface area contributed by atoms with E-state index in [0.29, 0.717) is 27.3 Å². The number of piperidine rings is 1. The Balaban J connectivity index is 1.32. The van der Waals surface area contributed by atoms with E-state index in [9.17, 15) is 14.4 Å². The highest BCUT2D eigenvalue weighted by molar-refractivity contribution is 9.10. The normalized spacial score (nSPS) is 19.6. The first-order valence-corrected chi connectivity index (χ1v) is 14.5. The third-order valence-corrected chi connectivity index (χ3v) is 8.66. The Morgan fingerprint density at radius 2 is 1.78 bits per heavy atom. The number of ketones is 1. The minimum Gasteiger partial charge on any atom is -0.326 e. The molecule has 2 aliphatic rings. The van der Waals surface area contributed by atoms with Crippen molar-refractivity contribution in [3.8, 4) is 11.1 Å². The van der Waals surface area contributed by atoms with Gasteiger partial charge in [0.2, 0.25) is 11.8 Å². The molecule has 10 nitrogen and oxygen atoms in total. The average Bonchev–Trinajstić information content (AvgIpc) is 3.65. The zero-order valence-corrected chi connectivity index (χ0v) is 24.9. The van der Waals surface area contributed by atoms with Gasteiger partial charge in [0.15, 0.2) is 5.78 Å². The predicted octanol–water partition coefficient (Wildman–Crippen LogP) is 4.80.